The molecule has 0 saturated heterocycles. The van der Waals surface area contributed by atoms with E-state index < -0.39 is 23.3 Å². The molecule has 0 saturated carbocycles. The van der Waals surface area contributed by atoms with Gasteiger partial charge in [-0.15, -0.1) is 0 Å². The molecular formula is C7H3BF6. The van der Waals surface area contributed by atoms with E-state index in [2.05, 4.69) is 0 Å². The van der Waals surface area contributed by atoms with E-state index in [1.54, 1.807) is 0 Å². The standard InChI is InChI=1S/C7H3BF6/c9-6(10,11)4-2-1-3-5(8-4)7(12,13)14/h1-3H. The van der Waals surface area contributed by atoms with Crippen molar-refractivity contribution < 1.29 is 26.3 Å². The molecule has 1 aromatic heterocycles. The number of rotatable bonds is 0. The van der Waals surface area contributed by atoms with Crippen LogP contribution in [0.3, 0.4) is 0 Å². The molecule has 0 aliphatic rings. The maximum atomic E-state index is 12.0. The summed E-state index contributed by atoms with van der Waals surface area (Å²) in [5.41, 5.74) is -2.60. The van der Waals surface area contributed by atoms with Crippen LogP contribution in [-0.2, 0) is 12.4 Å². The SMILES string of the molecule is FC(F)(F)c1bc(C(F)(F)F)ccc1. The zero-order valence-electron chi connectivity index (χ0n) is 6.58. The third-order valence-electron chi connectivity index (χ3n) is 1.52. The van der Waals surface area contributed by atoms with Crippen LogP contribution in [0.4, 0.5) is 26.3 Å². The van der Waals surface area contributed by atoms with Crippen LogP contribution >= 0.6 is 0 Å². The van der Waals surface area contributed by atoms with E-state index >= 15 is 0 Å². The Morgan fingerprint density at radius 2 is 1.14 bits per heavy atom. The summed E-state index contributed by atoms with van der Waals surface area (Å²) in [6.07, 6.45) is -9.50. The molecule has 76 valence electrons. The Bertz CT molecular complexity index is 296. The van der Waals surface area contributed by atoms with Crippen LogP contribution in [0.2, 0.25) is 0 Å². The minimum absolute atomic E-state index is 0.0833. The second-order valence-electron chi connectivity index (χ2n) is 2.58. The van der Waals surface area contributed by atoms with E-state index in [9.17, 15) is 26.3 Å². The number of alkyl halides is 6. The van der Waals surface area contributed by atoms with Crippen molar-refractivity contribution in [2.24, 2.45) is 0 Å². The normalized spacial score (nSPS) is 12.7. The van der Waals surface area contributed by atoms with Gasteiger partial charge >= 0.3 is 74.7 Å². The predicted molar refractivity (Wildman–Crippen MR) is 37.8 cm³/mol. The van der Waals surface area contributed by atoms with Crippen LogP contribution in [0, 0.1) is 0 Å². The van der Waals surface area contributed by atoms with Gasteiger partial charge in [0, 0.05) is 0 Å². The molecular weight excluding hydrogens is 209 g/mol. The number of hydrogen-bond acceptors (Lipinski definition) is 0. The summed E-state index contributed by atoms with van der Waals surface area (Å²) in [7, 11) is 0. The van der Waals surface area contributed by atoms with Crippen LogP contribution in [0.15, 0.2) is 18.2 Å². The molecule has 0 aromatic carbocycles. The molecule has 0 spiro atoms. The zero-order valence-corrected chi connectivity index (χ0v) is 6.58. The van der Waals surface area contributed by atoms with Gasteiger partial charge < -0.3 is 0 Å². The van der Waals surface area contributed by atoms with Gasteiger partial charge in [0.1, 0.15) is 0 Å². The van der Waals surface area contributed by atoms with Crippen molar-refractivity contribution in [1.82, 2.24) is 0 Å². The topological polar surface area (TPSA) is 0 Å². The first kappa shape index (κ1) is 11.1. The Kier molecular flexibility index (Phi) is 2.60. The minimum atomic E-state index is -4.75. The summed E-state index contributed by atoms with van der Waals surface area (Å²) < 4.78 is 71.9. The van der Waals surface area contributed by atoms with E-state index in [1.165, 1.54) is 0 Å². The molecule has 0 fully saturated rings. The molecule has 0 aliphatic carbocycles. The molecule has 1 rings (SSSR count). The van der Waals surface area contributed by atoms with E-state index in [0.29, 0.717) is 12.1 Å². The van der Waals surface area contributed by atoms with Crippen LogP contribution in [0.25, 0.3) is 0 Å². The first-order valence-electron chi connectivity index (χ1n) is 3.46. The second kappa shape index (κ2) is 3.29. The zero-order chi connectivity index (χ0) is 11.0. The Balaban J connectivity index is 3.15. The van der Waals surface area contributed by atoms with Crippen molar-refractivity contribution in [2.45, 2.75) is 12.4 Å². The predicted octanol–water partition coefficient (Wildman–Crippen LogP) is 3.06. The molecule has 0 atom stereocenters. The monoisotopic (exact) mass is 212 g/mol. The molecule has 0 aliphatic heterocycles. The summed E-state index contributed by atoms with van der Waals surface area (Å²) in [4.78, 5) is 0. The van der Waals surface area contributed by atoms with E-state index in [0.717, 1.165) is 6.07 Å². The molecule has 7 heteroatoms. The molecule has 0 radical (unpaired) electrons. The van der Waals surface area contributed by atoms with Gasteiger partial charge in [-0.3, -0.25) is 0 Å². The average molecular weight is 212 g/mol. The summed E-state index contributed by atoms with van der Waals surface area (Å²) in [5, 5.41) is 0. The summed E-state index contributed by atoms with van der Waals surface area (Å²) in [6.45, 7) is 0.0833. The summed E-state index contributed by atoms with van der Waals surface area (Å²) in [5.74, 6) is 0. The van der Waals surface area contributed by atoms with E-state index in [-0.39, 0.29) is 6.91 Å². The van der Waals surface area contributed by atoms with Crippen molar-refractivity contribution in [1.29, 1.82) is 0 Å². The van der Waals surface area contributed by atoms with Crippen molar-refractivity contribution in [3.05, 3.63) is 29.1 Å². The molecule has 0 unspecified atom stereocenters. The Hall–Kier alpha value is -1.01. The van der Waals surface area contributed by atoms with Gasteiger partial charge in [0.15, 0.2) is 0 Å². The van der Waals surface area contributed by atoms with Gasteiger partial charge in [0.2, 0.25) is 0 Å². The van der Waals surface area contributed by atoms with Crippen molar-refractivity contribution in [3.8, 4) is 0 Å². The average Bonchev–Trinajstić information content (AvgIpc) is 2.01. The molecule has 0 N–H and O–H groups in total. The molecule has 1 aromatic rings. The van der Waals surface area contributed by atoms with Crippen LogP contribution in [0.5, 0.6) is 0 Å². The van der Waals surface area contributed by atoms with Gasteiger partial charge in [-0.05, 0) is 0 Å². The van der Waals surface area contributed by atoms with Crippen LogP contribution in [-0.4, -0.2) is 6.91 Å². The second-order valence-corrected chi connectivity index (χ2v) is 2.58. The van der Waals surface area contributed by atoms with Crippen molar-refractivity contribution in [3.63, 3.8) is 0 Å². The fraction of sp³-hybridized carbons (Fsp3) is 0.286. The third-order valence-corrected chi connectivity index (χ3v) is 1.52. The van der Waals surface area contributed by atoms with Crippen molar-refractivity contribution in [2.75, 3.05) is 0 Å². The van der Waals surface area contributed by atoms with E-state index in [1.807, 2.05) is 0 Å². The van der Waals surface area contributed by atoms with Crippen LogP contribution in [0.1, 0.15) is 10.9 Å². The van der Waals surface area contributed by atoms with Gasteiger partial charge in [-0.1, -0.05) is 0 Å². The van der Waals surface area contributed by atoms with Crippen LogP contribution < -0.4 is 0 Å². The number of hydrogen-bond donors (Lipinski definition) is 0. The molecule has 14 heavy (non-hydrogen) atoms. The first-order valence-corrected chi connectivity index (χ1v) is 3.46. The fourth-order valence-electron chi connectivity index (χ4n) is 0.872. The Labute approximate surface area is 75.8 Å². The molecule has 0 bridgehead atoms. The quantitative estimate of drug-likeness (QED) is 0.579. The summed E-state index contributed by atoms with van der Waals surface area (Å²) in [6, 6.07) is 1.91. The fourth-order valence-corrected chi connectivity index (χ4v) is 0.872. The maximum absolute atomic E-state index is 12.0. The van der Waals surface area contributed by atoms with Gasteiger partial charge in [0.25, 0.3) is 0 Å². The van der Waals surface area contributed by atoms with Gasteiger partial charge in [-0.2, -0.15) is 0 Å². The Morgan fingerprint density at radius 1 is 0.786 bits per heavy atom. The van der Waals surface area contributed by atoms with Gasteiger partial charge in [0.05, 0.1) is 0 Å². The molecule has 0 nitrogen and oxygen atoms in total. The molecule has 0 amide bonds. The number of halogens is 6. The summed E-state index contributed by atoms with van der Waals surface area (Å²) >= 11 is 0. The van der Waals surface area contributed by atoms with Gasteiger partial charge in [-0.25, -0.2) is 0 Å². The Morgan fingerprint density at radius 3 is 1.43 bits per heavy atom. The first-order chi connectivity index (χ1) is 6.21. The third kappa shape index (κ3) is 2.49. The molecule has 1 heterocycles. The van der Waals surface area contributed by atoms with Crippen molar-refractivity contribution >= 4 is 6.91 Å². The van der Waals surface area contributed by atoms with E-state index in [4.69, 9.17) is 0 Å².